The Labute approximate surface area is 511 Å². The third-order valence-electron chi connectivity index (χ3n) is 15.0. The van der Waals surface area contributed by atoms with E-state index in [9.17, 15) is 43.2 Å². The highest BCUT2D eigenvalue weighted by molar-refractivity contribution is 7.47. The zero-order valence-corrected chi connectivity index (χ0v) is 56.0. The number of esters is 4. The minimum absolute atomic E-state index is 0.105. The van der Waals surface area contributed by atoms with Gasteiger partial charge in [-0.1, -0.05) is 273 Å². The molecule has 0 rings (SSSR count). The second-order valence-corrected chi connectivity index (χ2v) is 27.4. The van der Waals surface area contributed by atoms with Gasteiger partial charge in [0.25, 0.3) is 0 Å². The van der Waals surface area contributed by atoms with Crippen LogP contribution in [0.5, 0.6) is 0 Å². The first-order chi connectivity index (χ1) is 40.4. The molecule has 0 aromatic carbocycles. The summed E-state index contributed by atoms with van der Waals surface area (Å²) in [5.41, 5.74) is 0. The number of rotatable bonds is 64. The fourth-order valence-corrected chi connectivity index (χ4v) is 11.3. The van der Waals surface area contributed by atoms with Gasteiger partial charge in [-0.25, -0.2) is 9.13 Å². The smallest absolute Gasteiger partial charge is 0.462 e. The van der Waals surface area contributed by atoms with E-state index >= 15 is 0 Å². The topological polar surface area (TPSA) is 237 Å². The van der Waals surface area contributed by atoms with Crippen LogP contribution >= 0.6 is 15.6 Å². The second kappa shape index (κ2) is 57.5. The Kier molecular flexibility index (Phi) is 56.2. The first kappa shape index (κ1) is 82.1. The van der Waals surface area contributed by atoms with Crippen LogP contribution in [0.15, 0.2) is 0 Å². The number of phosphoric acid groups is 2. The monoisotopic (exact) mass is 1240 g/mol. The number of ether oxygens (including phenoxy) is 4. The first-order valence-corrected chi connectivity index (χ1v) is 37.0. The van der Waals surface area contributed by atoms with Gasteiger partial charge in [0, 0.05) is 25.7 Å². The van der Waals surface area contributed by atoms with E-state index in [0.29, 0.717) is 31.6 Å². The summed E-state index contributed by atoms with van der Waals surface area (Å²) in [6, 6.07) is 0. The lowest BCUT2D eigenvalue weighted by Gasteiger charge is -2.21. The molecule has 5 atom stereocenters. The molecule has 2 unspecified atom stereocenters. The number of aliphatic hydroxyl groups is 1. The lowest BCUT2D eigenvalue weighted by molar-refractivity contribution is -0.161. The molecule has 0 aromatic rings. The van der Waals surface area contributed by atoms with Crippen molar-refractivity contribution in [1.82, 2.24) is 0 Å². The number of unbranched alkanes of at least 4 members (excludes halogenated alkanes) is 34. The number of phosphoric ester groups is 2. The highest BCUT2D eigenvalue weighted by Crippen LogP contribution is 2.45. The molecule has 0 heterocycles. The fourth-order valence-electron chi connectivity index (χ4n) is 9.71. The standard InChI is InChI=1S/C65H126O17P2/c1-7-9-11-13-15-17-19-20-21-25-30-38-44-50-65(70)81-60(53-75-62(67)47-41-35-28-26-22-23-27-33-39-45-57(3)4)55-79-83(71,72)77-51-59(66)52-78-84(73,74)80-56-61(54-76-63(68)48-42-36-32-31-34-40-46-58(5)6)82-64(69)49-43-37-29-24-18-16-14-12-10-8-2/h57-61,66H,7-56H2,1-6H3,(H,71,72)(H,73,74)/t59-,60-,61-/m1/s1. The molecule has 0 aliphatic heterocycles. The van der Waals surface area contributed by atoms with Crippen LogP contribution in [0, 0.1) is 11.8 Å². The molecule has 3 N–H and O–H groups in total. The third kappa shape index (κ3) is 59.0. The van der Waals surface area contributed by atoms with Crippen LogP contribution < -0.4 is 0 Å². The summed E-state index contributed by atoms with van der Waals surface area (Å²) in [6.45, 7) is 9.40. The fraction of sp³-hybridized carbons (Fsp3) is 0.938. The van der Waals surface area contributed by atoms with E-state index < -0.39 is 97.5 Å². The SMILES string of the molecule is CCCCCCCCCCCCCCCC(=O)O[C@H](COC(=O)CCCCCCCCCCCC(C)C)COP(=O)(O)OC[C@@H](O)COP(=O)(O)OC[C@@H](COC(=O)CCCCCCCCC(C)C)OC(=O)CCCCCCCCCCCC. The molecule has 0 amide bonds. The summed E-state index contributed by atoms with van der Waals surface area (Å²) >= 11 is 0. The molecule has 0 fully saturated rings. The van der Waals surface area contributed by atoms with E-state index in [1.165, 1.54) is 135 Å². The Morgan fingerprint density at radius 3 is 0.810 bits per heavy atom. The molecule has 0 saturated carbocycles. The van der Waals surface area contributed by atoms with Gasteiger partial charge in [-0.05, 0) is 37.5 Å². The van der Waals surface area contributed by atoms with Crippen molar-refractivity contribution >= 4 is 39.5 Å². The van der Waals surface area contributed by atoms with Gasteiger partial charge in [-0.15, -0.1) is 0 Å². The number of carbonyl (C=O) groups excluding carboxylic acids is 4. The van der Waals surface area contributed by atoms with Gasteiger partial charge in [-0.2, -0.15) is 0 Å². The van der Waals surface area contributed by atoms with Gasteiger partial charge in [0.15, 0.2) is 12.2 Å². The lowest BCUT2D eigenvalue weighted by Crippen LogP contribution is -2.30. The summed E-state index contributed by atoms with van der Waals surface area (Å²) in [4.78, 5) is 72.2. The van der Waals surface area contributed by atoms with Crippen LogP contribution in [-0.4, -0.2) is 96.7 Å². The van der Waals surface area contributed by atoms with Gasteiger partial charge >= 0.3 is 39.5 Å². The Balaban J connectivity index is 5.24. The minimum atomic E-state index is -4.95. The molecule has 0 radical (unpaired) electrons. The number of hydrogen-bond acceptors (Lipinski definition) is 15. The molecular weight excluding hydrogens is 1110 g/mol. The Bertz CT molecular complexity index is 1650. The average Bonchev–Trinajstić information content (AvgIpc) is 3.64. The molecule has 0 spiro atoms. The van der Waals surface area contributed by atoms with E-state index in [0.717, 1.165) is 102 Å². The van der Waals surface area contributed by atoms with E-state index in [1.54, 1.807) is 0 Å². The van der Waals surface area contributed by atoms with Gasteiger partial charge < -0.3 is 33.8 Å². The Morgan fingerprint density at radius 1 is 0.321 bits per heavy atom. The molecule has 84 heavy (non-hydrogen) atoms. The van der Waals surface area contributed by atoms with Crippen LogP contribution in [0.25, 0.3) is 0 Å². The van der Waals surface area contributed by atoms with Crippen LogP contribution in [-0.2, 0) is 65.4 Å². The quantitative estimate of drug-likeness (QED) is 0.0222. The molecule has 17 nitrogen and oxygen atoms in total. The minimum Gasteiger partial charge on any atom is -0.462 e. The van der Waals surface area contributed by atoms with Crippen LogP contribution in [0.4, 0.5) is 0 Å². The van der Waals surface area contributed by atoms with E-state index in [1.807, 2.05) is 0 Å². The van der Waals surface area contributed by atoms with Gasteiger partial charge in [0.05, 0.1) is 26.4 Å². The van der Waals surface area contributed by atoms with Crippen molar-refractivity contribution in [2.24, 2.45) is 11.8 Å². The maximum absolute atomic E-state index is 13.0. The van der Waals surface area contributed by atoms with Crippen molar-refractivity contribution in [1.29, 1.82) is 0 Å². The van der Waals surface area contributed by atoms with Crippen molar-refractivity contribution in [3.8, 4) is 0 Å². The highest BCUT2D eigenvalue weighted by Gasteiger charge is 2.30. The van der Waals surface area contributed by atoms with Crippen molar-refractivity contribution in [3.05, 3.63) is 0 Å². The summed E-state index contributed by atoms with van der Waals surface area (Å²) < 4.78 is 68.0. The summed E-state index contributed by atoms with van der Waals surface area (Å²) in [7, 11) is -9.89. The van der Waals surface area contributed by atoms with Gasteiger partial charge in [0.2, 0.25) is 0 Å². The largest absolute Gasteiger partial charge is 0.472 e. The molecule has 498 valence electrons. The predicted molar refractivity (Wildman–Crippen MR) is 335 cm³/mol. The third-order valence-corrected chi connectivity index (χ3v) is 16.9. The van der Waals surface area contributed by atoms with Crippen LogP contribution in [0.2, 0.25) is 0 Å². The van der Waals surface area contributed by atoms with Crippen molar-refractivity contribution in [2.75, 3.05) is 39.6 Å². The zero-order valence-electron chi connectivity index (χ0n) is 54.2. The van der Waals surface area contributed by atoms with Crippen molar-refractivity contribution in [3.63, 3.8) is 0 Å². The number of aliphatic hydroxyl groups excluding tert-OH is 1. The van der Waals surface area contributed by atoms with Crippen molar-refractivity contribution < 1.29 is 80.2 Å². The second-order valence-electron chi connectivity index (χ2n) is 24.5. The van der Waals surface area contributed by atoms with E-state index in [4.69, 9.17) is 37.0 Å². The van der Waals surface area contributed by atoms with Gasteiger partial charge in [-0.3, -0.25) is 37.3 Å². The maximum Gasteiger partial charge on any atom is 0.472 e. The average molecular weight is 1240 g/mol. The molecule has 0 aliphatic carbocycles. The van der Waals surface area contributed by atoms with Crippen molar-refractivity contribution in [2.45, 2.75) is 342 Å². The van der Waals surface area contributed by atoms with Crippen LogP contribution in [0.1, 0.15) is 324 Å². The summed E-state index contributed by atoms with van der Waals surface area (Å²) in [5.74, 6) is -0.709. The molecule has 0 aliphatic rings. The van der Waals surface area contributed by atoms with Crippen LogP contribution in [0.3, 0.4) is 0 Å². The zero-order chi connectivity index (χ0) is 62.2. The number of carbonyl (C=O) groups is 4. The number of hydrogen-bond donors (Lipinski definition) is 3. The normalized spacial score (nSPS) is 14.3. The maximum atomic E-state index is 13.0. The summed E-state index contributed by atoms with van der Waals surface area (Å²) in [5, 5.41) is 10.5. The molecule has 0 bridgehead atoms. The Morgan fingerprint density at radius 2 is 0.548 bits per heavy atom. The molecular formula is C65H126O17P2. The van der Waals surface area contributed by atoms with Gasteiger partial charge in [0.1, 0.15) is 19.3 Å². The molecule has 0 aromatic heterocycles. The highest BCUT2D eigenvalue weighted by atomic mass is 31.2. The Hall–Kier alpha value is -1.94. The van der Waals surface area contributed by atoms with E-state index in [2.05, 4.69) is 41.5 Å². The molecule has 19 heteroatoms. The summed E-state index contributed by atoms with van der Waals surface area (Å²) in [6.07, 6.45) is 40.4. The lowest BCUT2D eigenvalue weighted by atomic mass is 10.0. The van der Waals surface area contributed by atoms with E-state index in [-0.39, 0.29) is 25.7 Å². The molecule has 0 saturated heterocycles. The predicted octanol–water partition coefficient (Wildman–Crippen LogP) is 18.0. The first-order valence-electron chi connectivity index (χ1n) is 34.0.